The molecule has 0 saturated heterocycles. The molecule has 0 saturated carbocycles. The van der Waals surface area contributed by atoms with Crippen LogP contribution in [-0.2, 0) is 11.3 Å². The third-order valence-corrected chi connectivity index (χ3v) is 3.13. The summed E-state index contributed by atoms with van der Waals surface area (Å²) in [5.41, 5.74) is -0.315. The van der Waals surface area contributed by atoms with Crippen LogP contribution in [0.2, 0.25) is 0 Å². The van der Waals surface area contributed by atoms with Crippen LogP contribution in [0.1, 0.15) is 13.8 Å². The van der Waals surface area contributed by atoms with Crippen molar-refractivity contribution in [2.24, 2.45) is 0 Å². The first kappa shape index (κ1) is 17.1. The fraction of sp³-hybridized carbons (Fsp3) is 0.176. The normalized spacial score (nSPS) is 9.92. The fourth-order valence-electron chi connectivity index (χ4n) is 2.14. The van der Waals surface area contributed by atoms with Gasteiger partial charge in [-0.05, 0) is 24.3 Å². The summed E-state index contributed by atoms with van der Waals surface area (Å²) in [6, 6.07) is 9.83. The van der Waals surface area contributed by atoms with Gasteiger partial charge in [-0.2, -0.15) is 0 Å². The number of nitrogens with one attached hydrogen (secondary N) is 2. The van der Waals surface area contributed by atoms with Gasteiger partial charge in [-0.25, -0.2) is 4.68 Å². The van der Waals surface area contributed by atoms with Crippen molar-refractivity contribution < 1.29 is 4.79 Å². The number of anilines is 1. The van der Waals surface area contributed by atoms with Crippen molar-refractivity contribution >= 4 is 22.4 Å². The minimum absolute atomic E-state index is 0.278. The number of amides is 1. The molecular weight excluding hydrogens is 308 g/mol. The van der Waals surface area contributed by atoms with Crippen molar-refractivity contribution in [3.63, 3.8) is 0 Å². The minimum atomic E-state index is -0.430. The van der Waals surface area contributed by atoms with Crippen LogP contribution in [0.4, 0.5) is 5.69 Å². The number of carbonyl (C=O) groups excluding carboxylic acids is 1. The van der Waals surface area contributed by atoms with Crippen LogP contribution in [0.5, 0.6) is 0 Å². The minimum Gasteiger partial charge on any atom is -0.323 e. The van der Waals surface area contributed by atoms with Gasteiger partial charge < -0.3 is 5.32 Å². The molecule has 7 nitrogen and oxygen atoms in total. The van der Waals surface area contributed by atoms with E-state index in [1.165, 1.54) is 6.20 Å². The molecule has 0 aliphatic heterocycles. The lowest BCUT2D eigenvalue weighted by Crippen LogP contribution is -2.34. The average Bonchev–Trinajstić information content (AvgIpc) is 2.62. The van der Waals surface area contributed by atoms with Crippen molar-refractivity contribution in [1.82, 2.24) is 14.8 Å². The Balaban J connectivity index is 0.00000100. The van der Waals surface area contributed by atoms with E-state index in [1.54, 1.807) is 42.6 Å². The van der Waals surface area contributed by atoms with Gasteiger partial charge in [0.15, 0.2) is 0 Å². The Hall–Kier alpha value is -3.22. The lowest BCUT2D eigenvalue weighted by atomic mass is 10.2. The summed E-state index contributed by atoms with van der Waals surface area (Å²) in [5, 5.41) is 5.59. The molecule has 0 aliphatic rings. The maximum Gasteiger partial charge on any atom is 0.273 e. The highest BCUT2D eigenvalue weighted by Gasteiger charge is 2.10. The Kier molecular flexibility index (Phi) is 5.62. The molecule has 0 bridgehead atoms. The van der Waals surface area contributed by atoms with Gasteiger partial charge in [-0.15, -0.1) is 0 Å². The first-order valence-corrected chi connectivity index (χ1v) is 7.57. The number of hydrogen-bond acceptors (Lipinski definition) is 4. The van der Waals surface area contributed by atoms with Crippen LogP contribution in [0.3, 0.4) is 0 Å². The third-order valence-electron chi connectivity index (χ3n) is 3.13. The Labute approximate surface area is 138 Å². The molecule has 0 radical (unpaired) electrons. The lowest BCUT2D eigenvalue weighted by molar-refractivity contribution is -0.117. The molecular formula is C17H18N4O3. The van der Waals surface area contributed by atoms with E-state index in [-0.39, 0.29) is 11.9 Å². The number of carbonyl (C=O) groups is 1. The molecule has 3 aromatic rings. The molecule has 1 aromatic carbocycles. The number of rotatable bonds is 3. The second-order valence-electron chi connectivity index (χ2n) is 4.67. The number of fused-ring (bicyclic) bond motifs is 1. The van der Waals surface area contributed by atoms with Crippen molar-refractivity contribution in [2.45, 2.75) is 20.4 Å². The zero-order valence-corrected chi connectivity index (χ0v) is 13.4. The maximum absolute atomic E-state index is 12.3. The molecule has 0 atom stereocenters. The molecule has 2 N–H and O–H groups in total. The highest BCUT2D eigenvalue weighted by atomic mass is 16.2. The summed E-state index contributed by atoms with van der Waals surface area (Å²) < 4.78 is 0.996. The van der Waals surface area contributed by atoms with E-state index in [4.69, 9.17) is 0 Å². The summed E-state index contributed by atoms with van der Waals surface area (Å²) in [7, 11) is 0. The summed E-state index contributed by atoms with van der Waals surface area (Å²) in [4.78, 5) is 40.0. The molecule has 1 amide bonds. The molecule has 0 spiro atoms. The molecule has 0 aliphatic carbocycles. The molecule has 0 fully saturated rings. The Morgan fingerprint density at radius 2 is 1.83 bits per heavy atom. The molecule has 0 unspecified atom stereocenters. The number of nitrogens with zero attached hydrogens (tertiary/aromatic N) is 2. The fourth-order valence-corrected chi connectivity index (χ4v) is 2.14. The van der Waals surface area contributed by atoms with Gasteiger partial charge in [-0.1, -0.05) is 26.0 Å². The SMILES string of the molecule is CC.O=C(Cn1[nH]c(=O)c2ccccc2c1=O)Nc1cccnc1. The van der Waals surface area contributed by atoms with E-state index in [2.05, 4.69) is 15.4 Å². The van der Waals surface area contributed by atoms with E-state index in [0.29, 0.717) is 11.1 Å². The van der Waals surface area contributed by atoms with Gasteiger partial charge in [0.05, 0.1) is 22.7 Å². The summed E-state index contributed by atoms with van der Waals surface area (Å²) in [6.45, 7) is 3.72. The Bertz CT molecular complexity index is 945. The van der Waals surface area contributed by atoms with Crippen LogP contribution in [0.25, 0.3) is 10.8 Å². The maximum atomic E-state index is 12.3. The van der Waals surface area contributed by atoms with Crippen LogP contribution in [0, 0.1) is 0 Å². The lowest BCUT2D eigenvalue weighted by Gasteiger charge is -2.08. The third kappa shape index (κ3) is 3.75. The van der Waals surface area contributed by atoms with Gasteiger partial charge in [0.25, 0.3) is 11.1 Å². The van der Waals surface area contributed by atoms with E-state index >= 15 is 0 Å². The van der Waals surface area contributed by atoms with Gasteiger partial charge in [0.1, 0.15) is 6.54 Å². The summed E-state index contributed by atoms with van der Waals surface area (Å²) in [5.74, 6) is -0.430. The van der Waals surface area contributed by atoms with Gasteiger partial charge in [0, 0.05) is 6.20 Å². The van der Waals surface area contributed by atoms with E-state index in [0.717, 1.165) is 4.68 Å². The second-order valence-corrected chi connectivity index (χ2v) is 4.67. The smallest absolute Gasteiger partial charge is 0.273 e. The monoisotopic (exact) mass is 326 g/mol. The largest absolute Gasteiger partial charge is 0.323 e. The molecule has 24 heavy (non-hydrogen) atoms. The van der Waals surface area contributed by atoms with Crippen LogP contribution >= 0.6 is 0 Å². The zero-order valence-electron chi connectivity index (χ0n) is 13.4. The number of aromatic amines is 1. The van der Waals surface area contributed by atoms with Crippen LogP contribution in [0.15, 0.2) is 58.4 Å². The predicted molar refractivity (Wildman–Crippen MR) is 93.0 cm³/mol. The van der Waals surface area contributed by atoms with E-state index in [1.807, 2.05) is 13.8 Å². The van der Waals surface area contributed by atoms with Gasteiger partial charge in [-0.3, -0.25) is 24.5 Å². The molecule has 124 valence electrons. The molecule has 2 heterocycles. The zero-order chi connectivity index (χ0) is 17.5. The van der Waals surface area contributed by atoms with Crippen molar-refractivity contribution in [3.8, 4) is 0 Å². The number of hydrogen-bond donors (Lipinski definition) is 2. The Morgan fingerprint density at radius 3 is 2.50 bits per heavy atom. The summed E-state index contributed by atoms with van der Waals surface area (Å²) in [6.07, 6.45) is 3.07. The average molecular weight is 326 g/mol. The number of pyridine rings is 1. The standard InChI is InChI=1S/C15H12N4O3.C2H6/c20-13(17-10-4-3-7-16-8-10)9-19-15(22)12-6-2-1-5-11(12)14(21)18-19;1-2/h1-8H,9H2,(H,17,20)(H,18,21);1-2H3. The first-order chi connectivity index (χ1) is 11.6. The van der Waals surface area contributed by atoms with E-state index in [9.17, 15) is 14.4 Å². The number of aromatic nitrogens is 3. The van der Waals surface area contributed by atoms with Crippen molar-refractivity contribution in [2.75, 3.05) is 5.32 Å². The highest BCUT2D eigenvalue weighted by molar-refractivity contribution is 5.90. The van der Waals surface area contributed by atoms with Crippen molar-refractivity contribution in [1.29, 1.82) is 0 Å². The van der Waals surface area contributed by atoms with Gasteiger partial charge >= 0.3 is 0 Å². The molecule has 2 aromatic heterocycles. The second kappa shape index (κ2) is 7.87. The number of benzene rings is 1. The van der Waals surface area contributed by atoms with Crippen molar-refractivity contribution in [3.05, 3.63) is 69.5 Å². The molecule has 7 heteroatoms. The number of H-pyrrole nitrogens is 1. The van der Waals surface area contributed by atoms with E-state index < -0.39 is 17.0 Å². The topological polar surface area (TPSA) is 96.9 Å². The first-order valence-electron chi connectivity index (χ1n) is 7.57. The Morgan fingerprint density at radius 1 is 1.12 bits per heavy atom. The summed E-state index contributed by atoms with van der Waals surface area (Å²) >= 11 is 0. The van der Waals surface area contributed by atoms with Crippen LogP contribution in [-0.4, -0.2) is 20.7 Å². The highest BCUT2D eigenvalue weighted by Crippen LogP contribution is 2.04. The predicted octanol–water partition coefficient (Wildman–Crippen LogP) is 1.75. The van der Waals surface area contributed by atoms with Gasteiger partial charge in [0.2, 0.25) is 5.91 Å². The molecule has 3 rings (SSSR count). The van der Waals surface area contributed by atoms with Crippen LogP contribution < -0.4 is 16.4 Å². The quantitative estimate of drug-likeness (QED) is 0.766.